The van der Waals surface area contributed by atoms with Gasteiger partial charge in [-0.2, -0.15) is 17.0 Å². The minimum Gasteiger partial charge on any atom is -0.314 e. The molecular weight excluding hydrogens is 288 g/mol. The molecule has 1 N–H and O–H groups in total. The highest BCUT2D eigenvalue weighted by atomic mass is 32.2. The second-order valence-corrected chi connectivity index (χ2v) is 8.69. The van der Waals surface area contributed by atoms with E-state index in [9.17, 15) is 8.42 Å². The third kappa shape index (κ3) is 3.96. The van der Waals surface area contributed by atoms with E-state index in [1.54, 1.807) is 8.61 Å². The summed E-state index contributed by atoms with van der Waals surface area (Å²) in [5, 5.41) is 3.54. The van der Waals surface area contributed by atoms with Crippen molar-refractivity contribution < 1.29 is 8.42 Å². The molecule has 0 bridgehead atoms. The normalized spacial score (nSPS) is 30.6. The van der Waals surface area contributed by atoms with E-state index in [-0.39, 0.29) is 0 Å². The first-order chi connectivity index (χ1) is 10.1. The first-order valence-electron chi connectivity index (χ1n) is 8.23. The van der Waals surface area contributed by atoms with Crippen molar-refractivity contribution in [2.45, 2.75) is 31.7 Å². The highest BCUT2D eigenvalue weighted by molar-refractivity contribution is 7.86. The summed E-state index contributed by atoms with van der Waals surface area (Å²) in [6.07, 6.45) is 4.71. The van der Waals surface area contributed by atoms with Crippen molar-refractivity contribution in [1.29, 1.82) is 0 Å². The monoisotopic (exact) mass is 316 g/mol. The summed E-state index contributed by atoms with van der Waals surface area (Å²) in [5.41, 5.74) is 0. The Bertz CT molecular complexity index is 444. The second-order valence-electron chi connectivity index (χ2n) is 6.76. The van der Waals surface area contributed by atoms with E-state index in [1.165, 1.54) is 12.8 Å². The number of hydrogen-bond donors (Lipinski definition) is 1. The van der Waals surface area contributed by atoms with Gasteiger partial charge in [0.05, 0.1) is 0 Å². The van der Waals surface area contributed by atoms with Gasteiger partial charge in [-0.05, 0) is 45.2 Å². The maximum absolute atomic E-state index is 12.8. The highest BCUT2D eigenvalue weighted by Crippen LogP contribution is 2.23. The van der Waals surface area contributed by atoms with Crippen LogP contribution in [0.5, 0.6) is 0 Å². The maximum atomic E-state index is 12.8. The number of piperidine rings is 1. The smallest absolute Gasteiger partial charge is 0.282 e. The molecule has 3 rings (SSSR count). The fraction of sp³-hybridized carbons (Fsp3) is 1.00. The molecule has 0 spiro atoms. The molecule has 0 aromatic rings. The molecule has 0 aromatic heterocycles. The van der Waals surface area contributed by atoms with E-state index < -0.39 is 10.2 Å². The summed E-state index contributed by atoms with van der Waals surface area (Å²) >= 11 is 0. The Kier molecular flexibility index (Phi) is 4.85. The predicted octanol–water partition coefficient (Wildman–Crippen LogP) is -0.0574. The number of nitrogens with one attached hydrogen (secondary N) is 1. The molecule has 7 heteroatoms. The molecule has 1 unspecified atom stereocenters. The minimum absolute atomic E-state index is 0.474. The van der Waals surface area contributed by atoms with Crippen LogP contribution in [-0.2, 0) is 10.2 Å². The Morgan fingerprint density at radius 2 is 1.71 bits per heavy atom. The van der Waals surface area contributed by atoms with Crippen LogP contribution in [0.3, 0.4) is 0 Å². The SMILES string of the molecule is CN1CCN(S(=O)(=O)N2CCCC(CNC3CC3)C2)CC1. The summed E-state index contributed by atoms with van der Waals surface area (Å²) in [6.45, 7) is 5.27. The molecule has 3 aliphatic rings. The van der Waals surface area contributed by atoms with Crippen LogP contribution >= 0.6 is 0 Å². The van der Waals surface area contributed by atoms with Crippen molar-refractivity contribution in [1.82, 2.24) is 18.8 Å². The second kappa shape index (κ2) is 6.50. The lowest BCUT2D eigenvalue weighted by molar-refractivity contribution is 0.197. The van der Waals surface area contributed by atoms with Crippen molar-refractivity contribution in [3.05, 3.63) is 0 Å². The Morgan fingerprint density at radius 1 is 1.00 bits per heavy atom. The van der Waals surface area contributed by atoms with Crippen LogP contribution in [0.25, 0.3) is 0 Å². The molecule has 1 aliphatic carbocycles. The molecule has 2 saturated heterocycles. The lowest BCUT2D eigenvalue weighted by Gasteiger charge is -2.38. The zero-order valence-electron chi connectivity index (χ0n) is 13.0. The average molecular weight is 316 g/mol. The topological polar surface area (TPSA) is 55.9 Å². The van der Waals surface area contributed by atoms with E-state index in [2.05, 4.69) is 10.2 Å². The Hall–Kier alpha value is -0.210. The highest BCUT2D eigenvalue weighted by Gasteiger charge is 2.35. The van der Waals surface area contributed by atoms with Gasteiger partial charge in [-0.25, -0.2) is 0 Å². The molecular formula is C14H28N4O2S. The fourth-order valence-corrected chi connectivity index (χ4v) is 4.92. The molecule has 2 heterocycles. The Labute approximate surface area is 128 Å². The van der Waals surface area contributed by atoms with Gasteiger partial charge in [0, 0.05) is 45.3 Å². The zero-order chi connectivity index (χ0) is 14.9. The minimum atomic E-state index is -3.25. The van der Waals surface area contributed by atoms with Gasteiger partial charge in [0.15, 0.2) is 0 Å². The van der Waals surface area contributed by atoms with Gasteiger partial charge in [-0.3, -0.25) is 0 Å². The van der Waals surface area contributed by atoms with E-state index in [4.69, 9.17) is 0 Å². The van der Waals surface area contributed by atoms with Crippen molar-refractivity contribution in [2.24, 2.45) is 5.92 Å². The number of rotatable bonds is 5. The standard InChI is InChI=1S/C14H28N4O2S/c1-16-7-9-17(10-8-16)21(19,20)18-6-2-3-13(12-18)11-15-14-4-5-14/h13-15H,2-12H2,1H3. The van der Waals surface area contributed by atoms with Crippen LogP contribution in [0.1, 0.15) is 25.7 Å². The summed E-state index contributed by atoms with van der Waals surface area (Å²) in [6, 6.07) is 0.703. The molecule has 1 saturated carbocycles. The van der Waals surface area contributed by atoms with Gasteiger partial charge in [0.1, 0.15) is 0 Å². The molecule has 3 fully saturated rings. The van der Waals surface area contributed by atoms with Gasteiger partial charge >= 0.3 is 0 Å². The van der Waals surface area contributed by atoms with Gasteiger partial charge in [0.25, 0.3) is 10.2 Å². The molecule has 0 amide bonds. The summed E-state index contributed by atoms with van der Waals surface area (Å²) < 4.78 is 28.9. The van der Waals surface area contributed by atoms with Gasteiger partial charge in [0.2, 0.25) is 0 Å². The number of likely N-dealkylation sites (N-methyl/N-ethyl adjacent to an activating group) is 1. The molecule has 1 atom stereocenters. The number of piperazine rings is 1. The Morgan fingerprint density at radius 3 is 2.38 bits per heavy atom. The average Bonchev–Trinajstić information content (AvgIpc) is 3.30. The third-order valence-corrected chi connectivity index (χ3v) is 6.87. The van der Waals surface area contributed by atoms with Gasteiger partial charge < -0.3 is 10.2 Å². The van der Waals surface area contributed by atoms with Crippen LogP contribution in [0.2, 0.25) is 0 Å². The van der Waals surface area contributed by atoms with Gasteiger partial charge in [-0.1, -0.05) is 0 Å². The lowest BCUT2D eigenvalue weighted by Crippen LogP contribution is -2.54. The van der Waals surface area contributed by atoms with E-state index in [0.717, 1.165) is 32.5 Å². The van der Waals surface area contributed by atoms with Crippen LogP contribution in [-0.4, -0.2) is 80.8 Å². The fourth-order valence-electron chi connectivity index (χ4n) is 3.21. The van der Waals surface area contributed by atoms with Crippen molar-refractivity contribution in [3.63, 3.8) is 0 Å². The van der Waals surface area contributed by atoms with Crippen LogP contribution < -0.4 is 5.32 Å². The molecule has 122 valence electrons. The zero-order valence-corrected chi connectivity index (χ0v) is 13.8. The molecule has 2 aliphatic heterocycles. The molecule has 21 heavy (non-hydrogen) atoms. The molecule has 0 radical (unpaired) electrons. The first-order valence-corrected chi connectivity index (χ1v) is 9.62. The summed E-state index contributed by atoms with van der Waals surface area (Å²) in [7, 11) is -1.21. The molecule has 0 aromatic carbocycles. The van der Waals surface area contributed by atoms with Gasteiger partial charge in [-0.15, -0.1) is 0 Å². The van der Waals surface area contributed by atoms with Crippen LogP contribution in [0.15, 0.2) is 0 Å². The van der Waals surface area contributed by atoms with Crippen molar-refractivity contribution in [3.8, 4) is 0 Å². The van der Waals surface area contributed by atoms with Crippen LogP contribution in [0.4, 0.5) is 0 Å². The van der Waals surface area contributed by atoms with E-state index >= 15 is 0 Å². The van der Waals surface area contributed by atoms with Crippen molar-refractivity contribution in [2.75, 3.05) is 52.9 Å². The number of nitrogens with zero attached hydrogens (tertiary/aromatic N) is 3. The quantitative estimate of drug-likeness (QED) is 0.772. The lowest BCUT2D eigenvalue weighted by atomic mass is 10.00. The number of hydrogen-bond acceptors (Lipinski definition) is 4. The van der Waals surface area contributed by atoms with Crippen LogP contribution in [0, 0.1) is 5.92 Å². The largest absolute Gasteiger partial charge is 0.314 e. The Balaban J connectivity index is 1.55. The summed E-state index contributed by atoms with van der Waals surface area (Å²) in [4.78, 5) is 2.19. The molecule has 6 nitrogen and oxygen atoms in total. The van der Waals surface area contributed by atoms with E-state index in [1.807, 2.05) is 7.05 Å². The first kappa shape index (κ1) is 15.7. The van der Waals surface area contributed by atoms with E-state index in [0.29, 0.717) is 38.1 Å². The maximum Gasteiger partial charge on any atom is 0.282 e. The predicted molar refractivity (Wildman–Crippen MR) is 83.3 cm³/mol. The third-order valence-electron chi connectivity index (χ3n) is 4.87. The van der Waals surface area contributed by atoms with Crippen molar-refractivity contribution >= 4 is 10.2 Å². The summed E-state index contributed by atoms with van der Waals surface area (Å²) in [5.74, 6) is 0.474.